The van der Waals surface area contributed by atoms with Gasteiger partial charge < -0.3 is 9.88 Å². The molecule has 6 nitrogen and oxygen atoms in total. The van der Waals surface area contributed by atoms with Gasteiger partial charge in [-0.05, 0) is 30.2 Å². The third-order valence-corrected chi connectivity index (χ3v) is 5.46. The highest BCUT2D eigenvalue weighted by atomic mass is 32.2. The quantitative estimate of drug-likeness (QED) is 0.406. The molecule has 1 aromatic carbocycles. The number of carbonyl (C=O) groups excluding carboxylic acids is 2. The first-order valence-corrected chi connectivity index (χ1v) is 9.99. The van der Waals surface area contributed by atoms with Crippen molar-refractivity contribution in [2.75, 3.05) is 13.1 Å². The first-order chi connectivity index (χ1) is 13.5. The summed E-state index contributed by atoms with van der Waals surface area (Å²) in [5.74, 6) is -0.685. The molecule has 2 aromatic rings. The van der Waals surface area contributed by atoms with Crippen molar-refractivity contribution >= 4 is 46.2 Å². The van der Waals surface area contributed by atoms with Gasteiger partial charge in [-0.15, -0.1) is 0 Å². The largest absolute Gasteiger partial charge is 0.356 e. The number of carbonyl (C=O) groups is 2. The van der Waals surface area contributed by atoms with Crippen molar-refractivity contribution in [3.8, 4) is 0 Å². The smallest absolute Gasteiger partial charge is 0.266 e. The molecule has 0 bridgehead atoms. The molecule has 0 saturated carbocycles. The van der Waals surface area contributed by atoms with Crippen molar-refractivity contribution in [1.29, 1.82) is 0 Å². The van der Waals surface area contributed by atoms with Gasteiger partial charge in [0, 0.05) is 38.4 Å². The van der Waals surface area contributed by atoms with Crippen LogP contribution in [0, 0.1) is 5.82 Å². The first-order valence-electron chi connectivity index (χ1n) is 8.76. The lowest BCUT2D eigenvalue weighted by atomic mass is 10.2. The summed E-state index contributed by atoms with van der Waals surface area (Å²) in [5.41, 5.74) is 0.720. The van der Waals surface area contributed by atoms with E-state index in [1.165, 1.54) is 28.8 Å². The predicted octanol–water partition coefficient (Wildman–Crippen LogP) is 2.82. The predicted molar refractivity (Wildman–Crippen MR) is 111 cm³/mol. The Morgan fingerprint density at radius 1 is 1.29 bits per heavy atom. The summed E-state index contributed by atoms with van der Waals surface area (Å²) >= 11 is 6.45. The number of halogens is 1. The zero-order valence-electron chi connectivity index (χ0n) is 15.0. The monoisotopic (exact) mass is 418 g/mol. The maximum absolute atomic E-state index is 13.0. The fraction of sp³-hybridized carbons (Fsp3) is 0.263. The molecule has 146 valence electrons. The molecule has 3 rings (SSSR count). The molecule has 0 radical (unpaired) electrons. The highest BCUT2D eigenvalue weighted by Crippen LogP contribution is 2.32. The molecule has 0 aliphatic carbocycles. The summed E-state index contributed by atoms with van der Waals surface area (Å²) < 4.78 is 15.4. The third-order valence-electron chi connectivity index (χ3n) is 4.08. The number of nitrogens with one attached hydrogen (secondary N) is 1. The van der Waals surface area contributed by atoms with Gasteiger partial charge in [0.25, 0.3) is 5.91 Å². The molecule has 1 N–H and O–H groups in total. The topological polar surface area (TPSA) is 67.2 Å². The van der Waals surface area contributed by atoms with E-state index in [-0.39, 0.29) is 30.6 Å². The SMILES string of the molecule is O=C(CCN1C(=O)/C(=C\c2ccc(F)cc2)SC1=S)NCCCn1ccnc1. The zero-order valence-corrected chi connectivity index (χ0v) is 16.6. The second-order valence-electron chi connectivity index (χ2n) is 6.14. The van der Waals surface area contributed by atoms with Gasteiger partial charge in [0.15, 0.2) is 0 Å². The molecule has 28 heavy (non-hydrogen) atoms. The lowest BCUT2D eigenvalue weighted by molar-refractivity contribution is -0.123. The van der Waals surface area contributed by atoms with Gasteiger partial charge in [-0.3, -0.25) is 14.5 Å². The summed E-state index contributed by atoms with van der Waals surface area (Å²) in [6.07, 6.45) is 7.97. The number of amides is 2. The van der Waals surface area contributed by atoms with Crippen LogP contribution in [0.4, 0.5) is 4.39 Å². The maximum Gasteiger partial charge on any atom is 0.266 e. The van der Waals surface area contributed by atoms with Crippen molar-refractivity contribution < 1.29 is 14.0 Å². The van der Waals surface area contributed by atoms with Gasteiger partial charge in [-0.25, -0.2) is 9.37 Å². The van der Waals surface area contributed by atoms with E-state index < -0.39 is 0 Å². The van der Waals surface area contributed by atoms with E-state index in [2.05, 4.69) is 10.3 Å². The summed E-state index contributed by atoms with van der Waals surface area (Å²) in [6, 6.07) is 5.87. The molecule has 1 saturated heterocycles. The van der Waals surface area contributed by atoms with Crippen LogP contribution in [0.1, 0.15) is 18.4 Å². The van der Waals surface area contributed by atoms with E-state index >= 15 is 0 Å². The number of thioether (sulfide) groups is 1. The summed E-state index contributed by atoms with van der Waals surface area (Å²) in [7, 11) is 0. The number of benzene rings is 1. The van der Waals surface area contributed by atoms with Crippen LogP contribution in [0.25, 0.3) is 6.08 Å². The standard InChI is InChI=1S/C19H19FN4O2S2/c20-15-4-2-14(3-5-15)12-16-18(26)24(19(27)28-16)10-6-17(25)22-7-1-9-23-11-8-21-13-23/h2-5,8,11-13H,1,6-7,9-10H2,(H,22,25)/b16-12+. The molecule has 1 aliphatic heterocycles. The Balaban J connectivity index is 1.44. The number of rotatable bonds is 8. The molecule has 1 fully saturated rings. The summed E-state index contributed by atoms with van der Waals surface area (Å²) in [6.45, 7) is 1.57. The van der Waals surface area contributed by atoms with E-state index in [0.717, 1.165) is 18.5 Å². The molecule has 1 aliphatic rings. The van der Waals surface area contributed by atoms with Crippen LogP contribution in [-0.4, -0.2) is 43.7 Å². The minimum absolute atomic E-state index is 0.123. The second-order valence-corrected chi connectivity index (χ2v) is 7.81. The molecule has 0 spiro atoms. The Bertz CT molecular complexity index is 882. The van der Waals surface area contributed by atoms with Crippen LogP contribution in [0.2, 0.25) is 0 Å². The number of hydrogen-bond donors (Lipinski definition) is 1. The molecule has 1 aromatic heterocycles. The minimum Gasteiger partial charge on any atom is -0.356 e. The van der Waals surface area contributed by atoms with E-state index in [0.29, 0.717) is 15.8 Å². The maximum atomic E-state index is 13.0. The lowest BCUT2D eigenvalue weighted by Gasteiger charge is -2.14. The third kappa shape index (κ3) is 5.49. The molecule has 9 heteroatoms. The van der Waals surface area contributed by atoms with Gasteiger partial charge in [-0.1, -0.05) is 36.1 Å². The lowest BCUT2D eigenvalue weighted by Crippen LogP contribution is -2.34. The highest BCUT2D eigenvalue weighted by molar-refractivity contribution is 8.26. The van der Waals surface area contributed by atoms with Gasteiger partial charge in [0.1, 0.15) is 10.1 Å². The molecule has 2 amide bonds. The van der Waals surface area contributed by atoms with E-state index in [9.17, 15) is 14.0 Å². The molecule has 0 atom stereocenters. The van der Waals surface area contributed by atoms with Gasteiger partial charge in [0.2, 0.25) is 5.91 Å². The Kier molecular flexibility index (Phi) is 6.94. The van der Waals surface area contributed by atoms with Gasteiger partial charge in [0.05, 0.1) is 11.2 Å². The number of imidazole rings is 1. The first kappa shape index (κ1) is 20.2. The van der Waals surface area contributed by atoms with Crippen LogP contribution in [0.3, 0.4) is 0 Å². The Labute approximate surface area is 171 Å². The number of hydrogen-bond acceptors (Lipinski definition) is 5. The fourth-order valence-electron chi connectivity index (χ4n) is 2.61. The average Bonchev–Trinajstić information content (AvgIpc) is 3.28. The van der Waals surface area contributed by atoms with Crippen LogP contribution in [0.15, 0.2) is 47.9 Å². The fourth-order valence-corrected chi connectivity index (χ4v) is 3.92. The Morgan fingerprint density at radius 2 is 2.07 bits per heavy atom. The van der Waals surface area contributed by atoms with Crippen LogP contribution in [0.5, 0.6) is 0 Å². The van der Waals surface area contributed by atoms with E-state index in [4.69, 9.17) is 12.2 Å². The molecular weight excluding hydrogens is 399 g/mol. The molecular formula is C19H19FN4O2S2. The van der Waals surface area contributed by atoms with Crippen molar-refractivity contribution in [1.82, 2.24) is 19.8 Å². The second kappa shape index (κ2) is 9.61. The van der Waals surface area contributed by atoms with Crippen molar-refractivity contribution in [2.24, 2.45) is 0 Å². The molecule has 0 unspecified atom stereocenters. The highest BCUT2D eigenvalue weighted by Gasteiger charge is 2.32. The number of nitrogens with zero attached hydrogens (tertiary/aromatic N) is 3. The zero-order chi connectivity index (χ0) is 19.9. The van der Waals surface area contributed by atoms with Crippen LogP contribution < -0.4 is 5.32 Å². The van der Waals surface area contributed by atoms with Crippen LogP contribution in [-0.2, 0) is 16.1 Å². The van der Waals surface area contributed by atoms with Gasteiger partial charge in [-0.2, -0.15) is 0 Å². The summed E-state index contributed by atoms with van der Waals surface area (Å²) in [4.78, 5) is 30.4. The van der Waals surface area contributed by atoms with E-state index in [1.807, 2.05) is 10.8 Å². The van der Waals surface area contributed by atoms with Crippen molar-refractivity contribution in [3.63, 3.8) is 0 Å². The number of aryl methyl sites for hydroxylation is 1. The number of aromatic nitrogens is 2. The van der Waals surface area contributed by atoms with E-state index in [1.54, 1.807) is 30.7 Å². The number of thiocarbonyl (C=S) groups is 1. The molecule has 2 heterocycles. The Hall–Kier alpha value is -2.52. The average molecular weight is 419 g/mol. The van der Waals surface area contributed by atoms with Crippen molar-refractivity contribution in [3.05, 3.63) is 59.3 Å². The Morgan fingerprint density at radius 3 is 2.79 bits per heavy atom. The normalized spacial score (nSPS) is 15.5. The van der Waals surface area contributed by atoms with Crippen molar-refractivity contribution in [2.45, 2.75) is 19.4 Å². The van der Waals surface area contributed by atoms with Gasteiger partial charge >= 0.3 is 0 Å². The van der Waals surface area contributed by atoms with Crippen LogP contribution >= 0.6 is 24.0 Å². The minimum atomic E-state index is -0.333. The summed E-state index contributed by atoms with van der Waals surface area (Å²) in [5, 5.41) is 2.84.